The van der Waals surface area contributed by atoms with Crippen molar-refractivity contribution in [3.05, 3.63) is 29.8 Å². The van der Waals surface area contributed by atoms with Gasteiger partial charge in [0.25, 0.3) is 0 Å². The van der Waals surface area contributed by atoms with E-state index in [1.54, 1.807) is 0 Å². The van der Waals surface area contributed by atoms with E-state index in [1.807, 2.05) is 19.1 Å². The number of nitrogens with one attached hydrogen (secondary N) is 1. The minimum Gasteiger partial charge on any atom is -0.494 e. The Bertz CT molecular complexity index is 307. The first-order valence-electron chi connectivity index (χ1n) is 5.48. The van der Waals surface area contributed by atoms with Gasteiger partial charge in [0.1, 0.15) is 5.75 Å². The molecule has 0 aromatic heterocycles. The van der Waals surface area contributed by atoms with Crippen molar-refractivity contribution >= 4 is 12.4 Å². The zero-order valence-corrected chi connectivity index (χ0v) is 11.4. The number of hydrogen-bond donors (Lipinski definition) is 1. The normalized spacial score (nSPS) is 10.8. The molecule has 92 valence electrons. The fourth-order valence-corrected chi connectivity index (χ4v) is 1.28. The Morgan fingerprint density at radius 2 is 1.94 bits per heavy atom. The van der Waals surface area contributed by atoms with Gasteiger partial charge >= 0.3 is 0 Å². The first-order chi connectivity index (χ1) is 7.01. The molecule has 0 saturated heterocycles. The summed E-state index contributed by atoms with van der Waals surface area (Å²) in [6.07, 6.45) is 0. The molecule has 0 aliphatic rings. The lowest BCUT2D eigenvalue weighted by Gasteiger charge is -2.20. The molecule has 0 unspecified atom stereocenters. The lowest BCUT2D eigenvalue weighted by Crippen LogP contribution is -2.35. The maximum absolute atomic E-state index is 5.45. The van der Waals surface area contributed by atoms with E-state index in [4.69, 9.17) is 4.74 Å². The summed E-state index contributed by atoms with van der Waals surface area (Å²) in [6.45, 7) is 10.1. The summed E-state index contributed by atoms with van der Waals surface area (Å²) in [5, 5.41) is 3.45. The highest BCUT2D eigenvalue weighted by Gasteiger charge is 2.08. The molecule has 2 nitrogen and oxygen atoms in total. The van der Waals surface area contributed by atoms with Gasteiger partial charge in [-0.2, -0.15) is 0 Å². The van der Waals surface area contributed by atoms with E-state index < -0.39 is 0 Å². The van der Waals surface area contributed by atoms with Gasteiger partial charge in [0, 0.05) is 12.1 Å². The monoisotopic (exact) mass is 243 g/mol. The maximum Gasteiger partial charge on any atom is 0.119 e. The smallest absolute Gasteiger partial charge is 0.119 e. The Balaban J connectivity index is 0.00000225. The zero-order chi connectivity index (χ0) is 11.3. The van der Waals surface area contributed by atoms with Crippen LogP contribution >= 0.6 is 12.4 Å². The highest BCUT2D eigenvalue weighted by atomic mass is 35.5. The van der Waals surface area contributed by atoms with E-state index in [0.717, 1.165) is 18.9 Å². The molecule has 0 atom stereocenters. The summed E-state index contributed by atoms with van der Waals surface area (Å²) in [4.78, 5) is 0. The van der Waals surface area contributed by atoms with Crippen molar-refractivity contribution in [2.24, 2.45) is 0 Å². The molecule has 0 saturated carbocycles. The van der Waals surface area contributed by atoms with Gasteiger partial charge in [0.05, 0.1) is 6.61 Å². The zero-order valence-electron chi connectivity index (χ0n) is 10.5. The molecule has 0 spiro atoms. The van der Waals surface area contributed by atoms with E-state index >= 15 is 0 Å². The number of rotatable bonds is 4. The van der Waals surface area contributed by atoms with Crippen LogP contribution in [0.4, 0.5) is 0 Å². The summed E-state index contributed by atoms with van der Waals surface area (Å²) >= 11 is 0. The first-order valence-corrected chi connectivity index (χ1v) is 5.48. The quantitative estimate of drug-likeness (QED) is 0.875. The Morgan fingerprint density at radius 3 is 2.50 bits per heavy atom. The second-order valence-corrected chi connectivity index (χ2v) is 4.68. The lowest BCUT2D eigenvalue weighted by molar-refractivity contribution is 0.339. The highest BCUT2D eigenvalue weighted by molar-refractivity contribution is 5.85. The average Bonchev–Trinajstić information content (AvgIpc) is 2.15. The predicted octanol–water partition coefficient (Wildman–Crippen LogP) is 3.40. The Morgan fingerprint density at radius 1 is 1.25 bits per heavy atom. The SMILES string of the molecule is CCOc1cccc(CNC(C)(C)C)c1.Cl. The number of ether oxygens (including phenoxy) is 1. The van der Waals surface area contributed by atoms with Crippen LogP contribution in [0.25, 0.3) is 0 Å². The molecule has 1 N–H and O–H groups in total. The molecule has 0 bridgehead atoms. The van der Waals surface area contributed by atoms with Gasteiger partial charge in [-0.3, -0.25) is 0 Å². The van der Waals surface area contributed by atoms with Gasteiger partial charge in [-0.25, -0.2) is 0 Å². The molecule has 1 rings (SSSR count). The van der Waals surface area contributed by atoms with Gasteiger partial charge in [-0.15, -0.1) is 12.4 Å². The van der Waals surface area contributed by atoms with E-state index in [2.05, 4.69) is 38.2 Å². The van der Waals surface area contributed by atoms with Crippen LogP contribution in [0.5, 0.6) is 5.75 Å². The van der Waals surface area contributed by atoms with Crippen molar-refractivity contribution in [3.63, 3.8) is 0 Å². The number of halogens is 1. The molecule has 0 amide bonds. The van der Waals surface area contributed by atoms with Crippen LogP contribution in [0.15, 0.2) is 24.3 Å². The maximum atomic E-state index is 5.45. The van der Waals surface area contributed by atoms with Crippen LogP contribution in [-0.4, -0.2) is 12.1 Å². The molecule has 1 aromatic rings. The standard InChI is InChI=1S/C13H21NO.ClH/c1-5-15-12-8-6-7-11(9-12)10-14-13(2,3)4;/h6-9,14H,5,10H2,1-4H3;1H. The van der Waals surface area contributed by atoms with Crippen LogP contribution < -0.4 is 10.1 Å². The summed E-state index contributed by atoms with van der Waals surface area (Å²) in [7, 11) is 0. The second-order valence-electron chi connectivity index (χ2n) is 4.68. The van der Waals surface area contributed by atoms with Crippen LogP contribution in [0.1, 0.15) is 33.3 Å². The Kier molecular flexibility index (Phi) is 6.46. The van der Waals surface area contributed by atoms with Gasteiger partial charge in [-0.1, -0.05) is 12.1 Å². The average molecular weight is 244 g/mol. The van der Waals surface area contributed by atoms with Crippen LogP contribution in [-0.2, 0) is 6.54 Å². The minimum atomic E-state index is 0. The van der Waals surface area contributed by atoms with Gasteiger partial charge < -0.3 is 10.1 Å². The van der Waals surface area contributed by atoms with Crippen LogP contribution in [0, 0.1) is 0 Å². The highest BCUT2D eigenvalue weighted by Crippen LogP contribution is 2.13. The summed E-state index contributed by atoms with van der Waals surface area (Å²) in [5.74, 6) is 0.950. The molecule has 0 fully saturated rings. The van der Waals surface area contributed by atoms with Crippen molar-refractivity contribution in [3.8, 4) is 5.75 Å². The molecule has 3 heteroatoms. The Hall–Kier alpha value is -0.730. The van der Waals surface area contributed by atoms with Gasteiger partial charge in [0.2, 0.25) is 0 Å². The van der Waals surface area contributed by atoms with Crippen molar-refractivity contribution in [1.29, 1.82) is 0 Å². The number of benzene rings is 1. The van der Waals surface area contributed by atoms with E-state index in [-0.39, 0.29) is 17.9 Å². The van der Waals surface area contributed by atoms with E-state index in [0.29, 0.717) is 0 Å². The molecular weight excluding hydrogens is 222 g/mol. The largest absolute Gasteiger partial charge is 0.494 e. The van der Waals surface area contributed by atoms with Crippen LogP contribution in [0.2, 0.25) is 0 Å². The minimum absolute atomic E-state index is 0. The molecule has 0 heterocycles. The molecule has 1 aromatic carbocycles. The topological polar surface area (TPSA) is 21.3 Å². The van der Waals surface area contributed by atoms with Gasteiger partial charge in [-0.05, 0) is 45.4 Å². The third-order valence-electron chi connectivity index (χ3n) is 2.03. The van der Waals surface area contributed by atoms with Gasteiger partial charge in [0.15, 0.2) is 0 Å². The predicted molar refractivity (Wildman–Crippen MR) is 71.5 cm³/mol. The first kappa shape index (κ1) is 15.3. The third kappa shape index (κ3) is 5.99. The second kappa shape index (κ2) is 6.77. The van der Waals surface area contributed by atoms with E-state index in [9.17, 15) is 0 Å². The Labute approximate surface area is 105 Å². The fraction of sp³-hybridized carbons (Fsp3) is 0.538. The van der Waals surface area contributed by atoms with Crippen molar-refractivity contribution in [2.45, 2.75) is 39.8 Å². The summed E-state index contributed by atoms with van der Waals surface area (Å²) < 4.78 is 5.45. The summed E-state index contributed by atoms with van der Waals surface area (Å²) in [5.41, 5.74) is 1.41. The molecule has 16 heavy (non-hydrogen) atoms. The number of hydrogen-bond acceptors (Lipinski definition) is 2. The van der Waals surface area contributed by atoms with E-state index in [1.165, 1.54) is 5.56 Å². The molecule has 0 aliphatic carbocycles. The molecule has 0 radical (unpaired) electrons. The van der Waals surface area contributed by atoms with Crippen molar-refractivity contribution < 1.29 is 4.74 Å². The van der Waals surface area contributed by atoms with Crippen molar-refractivity contribution in [1.82, 2.24) is 5.32 Å². The van der Waals surface area contributed by atoms with Crippen LogP contribution in [0.3, 0.4) is 0 Å². The fourth-order valence-electron chi connectivity index (χ4n) is 1.28. The third-order valence-corrected chi connectivity index (χ3v) is 2.03. The summed E-state index contributed by atoms with van der Waals surface area (Å²) in [6, 6.07) is 8.22. The molecule has 0 aliphatic heterocycles. The van der Waals surface area contributed by atoms with Crippen molar-refractivity contribution in [2.75, 3.05) is 6.61 Å². The lowest BCUT2D eigenvalue weighted by atomic mass is 10.1. The molecular formula is C13H22ClNO.